The average Bonchev–Trinajstić information content (AvgIpc) is 3.26. The first-order chi connectivity index (χ1) is 11.2. The summed E-state index contributed by atoms with van der Waals surface area (Å²) < 4.78 is 20.7. The Labute approximate surface area is 132 Å². The van der Waals surface area contributed by atoms with Crippen LogP contribution in [-0.2, 0) is 9.47 Å². The molecule has 1 saturated heterocycles. The Hall–Kier alpha value is -2.60. The second kappa shape index (κ2) is 7.11. The van der Waals surface area contributed by atoms with Gasteiger partial charge in [-0.2, -0.15) is 0 Å². The normalized spacial score (nSPS) is 17.0. The molecule has 1 fully saturated rings. The molecule has 2 aromatic rings. The zero-order chi connectivity index (χ0) is 16.1. The fourth-order valence-corrected chi connectivity index (χ4v) is 2.24. The maximum Gasteiger partial charge on any atom is 0.379 e. The molecule has 0 bridgehead atoms. The number of hydrogen-bond donors (Lipinski definition) is 0. The number of carbonyl (C=O) groups excluding carboxylic acids is 2. The number of rotatable bonds is 5. The second-order valence-corrected chi connectivity index (χ2v) is 5.12. The highest BCUT2D eigenvalue weighted by molar-refractivity contribution is 5.90. The molecule has 23 heavy (non-hydrogen) atoms. The van der Waals surface area contributed by atoms with Gasteiger partial charge in [0.05, 0.1) is 17.9 Å². The molecule has 1 aromatic carbocycles. The van der Waals surface area contributed by atoms with Crippen LogP contribution in [0.25, 0.3) is 0 Å². The van der Waals surface area contributed by atoms with Crippen LogP contribution in [0.15, 0.2) is 47.1 Å². The molecule has 120 valence electrons. The van der Waals surface area contributed by atoms with Crippen molar-refractivity contribution in [2.75, 3.05) is 13.2 Å². The summed E-state index contributed by atoms with van der Waals surface area (Å²) in [4.78, 5) is 23.6. The minimum atomic E-state index is -0.594. The highest BCUT2D eigenvalue weighted by Crippen LogP contribution is 2.16. The van der Waals surface area contributed by atoms with Crippen LogP contribution < -0.4 is 4.74 Å². The minimum Gasteiger partial charge on any atom is -0.459 e. The molecule has 1 aliphatic heterocycles. The quantitative estimate of drug-likeness (QED) is 0.624. The van der Waals surface area contributed by atoms with E-state index >= 15 is 0 Å². The molecule has 1 atom stereocenters. The lowest BCUT2D eigenvalue weighted by Gasteiger charge is -2.10. The predicted octanol–water partition coefficient (Wildman–Crippen LogP) is 2.83. The third kappa shape index (κ3) is 3.98. The number of esters is 2. The molecule has 0 N–H and O–H groups in total. The summed E-state index contributed by atoms with van der Waals surface area (Å²) in [6.07, 6.45) is 3.30. The first-order valence-corrected chi connectivity index (χ1v) is 7.37. The molecule has 1 aromatic heterocycles. The van der Waals surface area contributed by atoms with Crippen molar-refractivity contribution < 1.29 is 28.2 Å². The van der Waals surface area contributed by atoms with Crippen molar-refractivity contribution in [2.24, 2.45) is 0 Å². The van der Waals surface area contributed by atoms with Crippen LogP contribution in [0.2, 0.25) is 0 Å². The van der Waals surface area contributed by atoms with Gasteiger partial charge in [-0.3, -0.25) is 0 Å². The fraction of sp³-hybridized carbons (Fsp3) is 0.294. The van der Waals surface area contributed by atoms with Crippen molar-refractivity contribution in [3.8, 4) is 5.75 Å². The molecule has 0 saturated carbocycles. The number of hydrogen-bond acceptors (Lipinski definition) is 6. The highest BCUT2D eigenvalue weighted by Gasteiger charge is 2.18. The summed E-state index contributed by atoms with van der Waals surface area (Å²) in [5, 5.41) is 0. The molecule has 1 aliphatic rings. The maximum absolute atomic E-state index is 11.9. The Bertz CT molecular complexity index is 653. The summed E-state index contributed by atoms with van der Waals surface area (Å²) in [5.41, 5.74) is 0.390. The highest BCUT2D eigenvalue weighted by atomic mass is 16.6. The van der Waals surface area contributed by atoms with Crippen molar-refractivity contribution >= 4 is 11.9 Å². The van der Waals surface area contributed by atoms with E-state index in [9.17, 15) is 9.59 Å². The molecule has 6 nitrogen and oxygen atoms in total. The number of benzene rings is 1. The van der Waals surface area contributed by atoms with Gasteiger partial charge in [0.1, 0.15) is 12.4 Å². The van der Waals surface area contributed by atoms with Crippen molar-refractivity contribution in [3.05, 3.63) is 54.0 Å². The van der Waals surface area contributed by atoms with Crippen LogP contribution in [0, 0.1) is 0 Å². The van der Waals surface area contributed by atoms with Gasteiger partial charge in [0.25, 0.3) is 0 Å². The smallest absolute Gasteiger partial charge is 0.379 e. The minimum absolute atomic E-state index is 0.00697. The summed E-state index contributed by atoms with van der Waals surface area (Å²) in [5.74, 6) is -0.583. The van der Waals surface area contributed by atoms with E-state index in [1.807, 2.05) is 0 Å². The maximum atomic E-state index is 11.9. The Balaban J connectivity index is 1.53. The molecular weight excluding hydrogens is 300 g/mol. The van der Waals surface area contributed by atoms with Gasteiger partial charge in [0.15, 0.2) is 0 Å². The van der Waals surface area contributed by atoms with E-state index < -0.39 is 11.9 Å². The molecule has 0 spiro atoms. The lowest BCUT2D eigenvalue weighted by Crippen LogP contribution is -2.17. The third-order valence-corrected chi connectivity index (χ3v) is 3.45. The van der Waals surface area contributed by atoms with Gasteiger partial charge in [-0.25, -0.2) is 9.59 Å². The number of furan rings is 1. The van der Waals surface area contributed by atoms with Crippen LogP contribution in [0.4, 0.5) is 0 Å². The Morgan fingerprint density at radius 1 is 1.13 bits per heavy atom. The Kier molecular flexibility index (Phi) is 4.73. The van der Waals surface area contributed by atoms with Gasteiger partial charge < -0.3 is 18.6 Å². The third-order valence-electron chi connectivity index (χ3n) is 3.45. The van der Waals surface area contributed by atoms with Crippen LogP contribution in [0.3, 0.4) is 0 Å². The van der Waals surface area contributed by atoms with Crippen LogP contribution in [-0.4, -0.2) is 31.3 Å². The van der Waals surface area contributed by atoms with Crippen molar-refractivity contribution in [2.45, 2.75) is 18.9 Å². The van der Waals surface area contributed by atoms with E-state index in [0.29, 0.717) is 11.3 Å². The molecule has 1 unspecified atom stereocenters. The van der Waals surface area contributed by atoms with Crippen molar-refractivity contribution in [1.82, 2.24) is 0 Å². The van der Waals surface area contributed by atoms with Gasteiger partial charge in [0.2, 0.25) is 5.76 Å². The van der Waals surface area contributed by atoms with Crippen molar-refractivity contribution in [3.63, 3.8) is 0 Å². The van der Waals surface area contributed by atoms with Crippen LogP contribution in [0.1, 0.15) is 33.8 Å². The van der Waals surface area contributed by atoms with Gasteiger partial charge in [-0.05, 0) is 49.2 Å². The first kappa shape index (κ1) is 15.3. The van der Waals surface area contributed by atoms with Gasteiger partial charge in [-0.15, -0.1) is 0 Å². The number of ether oxygens (including phenoxy) is 3. The van der Waals surface area contributed by atoms with E-state index in [1.54, 1.807) is 18.2 Å². The van der Waals surface area contributed by atoms with E-state index in [-0.39, 0.29) is 18.5 Å². The largest absolute Gasteiger partial charge is 0.459 e. The van der Waals surface area contributed by atoms with Gasteiger partial charge >= 0.3 is 11.9 Å². The van der Waals surface area contributed by atoms with Crippen LogP contribution >= 0.6 is 0 Å². The second-order valence-electron chi connectivity index (χ2n) is 5.12. The zero-order valence-corrected chi connectivity index (χ0v) is 12.4. The summed E-state index contributed by atoms with van der Waals surface area (Å²) in [6.45, 7) is 0.978. The summed E-state index contributed by atoms with van der Waals surface area (Å²) in [7, 11) is 0. The van der Waals surface area contributed by atoms with E-state index in [0.717, 1.165) is 19.4 Å². The SMILES string of the molecule is O=C(OCC1CCCO1)c1ccc(OC(=O)c2ccco2)cc1. The summed E-state index contributed by atoms with van der Waals surface area (Å²) >= 11 is 0. The molecule has 0 aliphatic carbocycles. The Morgan fingerprint density at radius 3 is 2.61 bits per heavy atom. The molecule has 0 amide bonds. The van der Waals surface area contributed by atoms with E-state index in [2.05, 4.69) is 0 Å². The fourth-order valence-electron chi connectivity index (χ4n) is 2.24. The zero-order valence-electron chi connectivity index (χ0n) is 12.4. The Morgan fingerprint density at radius 2 is 1.96 bits per heavy atom. The lowest BCUT2D eigenvalue weighted by molar-refractivity contribution is 0.0161. The summed E-state index contributed by atoms with van der Waals surface area (Å²) in [6, 6.07) is 9.26. The molecule has 6 heteroatoms. The van der Waals surface area contributed by atoms with Crippen molar-refractivity contribution in [1.29, 1.82) is 0 Å². The molecule has 0 radical (unpaired) electrons. The molecule has 2 heterocycles. The molecular formula is C17H16O6. The van der Waals surface area contributed by atoms with Gasteiger partial charge in [-0.1, -0.05) is 0 Å². The van der Waals surface area contributed by atoms with Crippen LogP contribution in [0.5, 0.6) is 5.75 Å². The topological polar surface area (TPSA) is 75.0 Å². The lowest BCUT2D eigenvalue weighted by atomic mass is 10.2. The predicted molar refractivity (Wildman–Crippen MR) is 79.4 cm³/mol. The molecule has 3 rings (SSSR count). The monoisotopic (exact) mass is 316 g/mol. The average molecular weight is 316 g/mol. The standard InChI is InChI=1S/C17H16O6/c18-16(22-11-14-3-1-9-20-14)12-5-7-13(8-6-12)23-17(19)15-4-2-10-21-15/h2,4-8,10,14H,1,3,9,11H2. The van der Waals surface area contributed by atoms with E-state index in [1.165, 1.54) is 24.5 Å². The number of carbonyl (C=O) groups is 2. The van der Waals surface area contributed by atoms with E-state index in [4.69, 9.17) is 18.6 Å². The first-order valence-electron chi connectivity index (χ1n) is 7.37. The van der Waals surface area contributed by atoms with Gasteiger partial charge in [0, 0.05) is 6.61 Å².